The van der Waals surface area contributed by atoms with Gasteiger partial charge in [0.05, 0.1) is 0 Å². The number of Topliss-reactive ketones (excluding diaryl/α,β-unsaturated/α-hetero) is 2. The Labute approximate surface area is 72.3 Å². The van der Waals surface area contributed by atoms with Crippen molar-refractivity contribution in [3.05, 3.63) is 0 Å². The van der Waals surface area contributed by atoms with Crippen LogP contribution in [0.3, 0.4) is 0 Å². The molecule has 0 saturated heterocycles. The average Bonchev–Trinajstić information content (AvgIpc) is 2.33. The van der Waals surface area contributed by atoms with E-state index in [-0.39, 0.29) is 11.8 Å². The lowest BCUT2D eigenvalue weighted by Gasteiger charge is -2.12. The molecular weight excluding hydrogens is 152 g/mol. The zero-order valence-corrected chi connectivity index (χ0v) is 7.21. The second kappa shape index (κ2) is 3.00. The van der Waals surface area contributed by atoms with Crippen LogP contribution in [0.5, 0.6) is 0 Å². The van der Waals surface area contributed by atoms with Crippen molar-refractivity contribution in [3.63, 3.8) is 0 Å². The van der Waals surface area contributed by atoms with Crippen molar-refractivity contribution in [2.75, 3.05) is 0 Å². The first-order valence-corrected chi connectivity index (χ1v) is 4.83. The van der Waals surface area contributed by atoms with Crippen molar-refractivity contribution in [2.24, 2.45) is 11.8 Å². The molecule has 2 atom stereocenters. The lowest BCUT2D eigenvalue weighted by Crippen LogP contribution is -2.17. The number of carbonyl (C=O) groups excluding carboxylic acids is 2. The summed E-state index contributed by atoms with van der Waals surface area (Å²) in [5, 5.41) is 0. The quantitative estimate of drug-likeness (QED) is 0.549. The van der Waals surface area contributed by atoms with E-state index in [9.17, 15) is 9.59 Å². The Balaban J connectivity index is 2.19. The summed E-state index contributed by atoms with van der Waals surface area (Å²) in [5.41, 5.74) is 0. The monoisotopic (exact) mass is 166 g/mol. The van der Waals surface area contributed by atoms with Gasteiger partial charge in [-0.2, -0.15) is 0 Å². The molecule has 2 unspecified atom stereocenters. The molecule has 0 aromatic heterocycles. The van der Waals surface area contributed by atoms with E-state index >= 15 is 0 Å². The van der Waals surface area contributed by atoms with Gasteiger partial charge in [0.2, 0.25) is 0 Å². The highest BCUT2D eigenvalue weighted by atomic mass is 16.1. The molecule has 2 aliphatic carbocycles. The van der Waals surface area contributed by atoms with Gasteiger partial charge >= 0.3 is 0 Å². The van der Waals surface area contributed by atoms with Crippen molar-refractivity contribution < 1.29 is 9.59 Å². The van der Waals surface area contributed by atoms with Gasteiger partial charge < -0.3 is 0 Å². The smallest absolute Gasteiger partial charge is 0.136 e. The van der Waals surface area contributed by atoms with Gasteiger partial charge in [0.25, 0.3) is 0 Å². The number of hydrogen-bond acceptors (Lipinski definition) is 2. The molecule has 0 aromatic carbocycles. The maximum atomic E-state index is 11.4. The maximum Gasteiger partial charge on any atom is 0.136 e. The van der Waals surface area contributed by atoms with Gasteiger partial charge in [0, 0.05) is 24.7 Å². The van der Waals surface area contributed by atoms with Gasteiger partial charge in [-0.3, -0.25) is 9.59 Å². The molecule has 0 spiro atoms. The molecule has 0 aromatic rings. The lowest BCUT2D eigenvalue weighted by atomic mass is 9.90. The van der Waals surface area contributed by atoms with Crippen molar-refractivity contribution in [3.8, 4) is 0 Å². The summed E-state index contributed by atoms with van der Waals surface area (Å²) < 4.78 is 0. The molecule has 2 aliphatic rings. The minimum Gasteiger partial charge on any atom is -0.299 e. The molecule has 66 valence electrons. The van der Waals surface area contributed by atoms with Crippen LogP contribution in [0.2, 0.25) is 0 Å². The first-order valence-electron chi connectivity index (χ1n) is 4.83. The van der Waals surface area contributed by atoms with E-state index in [2.05, 4.69) is 0 Å². The molecule has 2 fully saturated rings. The molecule has 2 nitrogen and oxygen atoms in total. The molecule has 0 heterocycles. The molecule has 0 aliphatic heterocycles. The summed E-state index contributed by atoms with van der Waals surface area (Å²) in [6, 6.07) is 0. The molecule has 2 bridgehead atoms. The highest BCUT2D eigenvalue weighted by Gasteiger charge is 2.32. The summed E-state index contributed by atoms with van der Waals surface area (Å²) in [7, 11) is 0. The molecule has 0 amide bonds. The molecular formula is C10H14O2. The van der Waals surface area contributed by atoms with E-state index < -0.39 is 0 Å². The van der Waals surface area contributed by atoms with Crippen molar-refractivity contribution in [1.82, 2.24) is 0 Å². The Bertz CT molecular complexity index is 196. The highest BCUT2D eigenvalue weighted by Crippen LogP contribution is 2.33. The van der Waals surface area contributed by atoms with Crippen molar-refractivity contribution >= 4 is 11.6 Å². The zero-order valence-electron chi connectivity index (χ0n) is 7.21. The maximum absolute atomic E-state index is 11.4. The summed E-state index contributed by atoms with van der Waals surface area (Å²) in [6.07, 6.45) is 4.90. The summed E-state index contributed by atoms with van der Waals surface area (Å²) >= 11 is 0. The van der Waals surface area contributed by atoms with E-state index in [1.807, 2.05) is 0 Å². The Kier molecular flexibility index (Phi) is 1.99. The molecule has 2 saturated carbocycles. The average molecular weight is 166 g/mol. The Morgan fingerprint density at radius 1 is 0.750 bits per heavy atom. The van der Waals surface area contributed by atoms with Crippen LogP contribution in [0.4, 0.5) is 0 Å². The van der Waals surface area contributed by atoms with Crippen LogP contribution in [0.1, 0.15) is 38.5 Å². The van der Waals surface area contributed by atoms with Gasteiger partial charge in [-0.05, 0) is 25.7 Å². The number of ketones is 2. The van der Waals surface area contributed by atoms with Gasteiger partial charge in [-0.1, -0.05) is 0 Å². The van der Waals surface area contributed by atoms with Gasteiger partial charge in [-0.25, -0.2) is 0 Å². The van der Waals surface area contributed by atoms with E-state index in [1.54, 1.807) is 0 Å². The van der Waals surface area contributed by atoms with Crippen LogP contribution in [-0.2, 0) is 9.59 Å². The van der Waals surface area contributed by atoms with Crippen LogP contribution in [0.25, 0.3) is 0 Å². The van der Waals surface area contributed by atoms with Crippen LogP contribution < -0.4 is 0 Å². The third-order valence-electron chi connectivity index (χ3n) is 3.25. The third kappa shape index (κ3) is 1.30. The van der Waals surface area contributed by atoms with E-state index in [4.69, 9.17) is 0 Å². The van der Waals surface area contributed by atoms with Crippen LogP contribution in [-0.4, -0.2) is 11.6 Å². The van der Waals surface area contributed by atoms with Crippen LogP contribution >= 0.6 is 0 Å². The van der Waals surface area contributed by atoms with Gasteiger partial charge in [0.1, 0.15) is 11.6 Å². The normalized spacial score (nSPS) is 36.3. The van der Waals surface area contributed by atoms with Gasteiger partial charge in [0.15, 0.2) is 0 Å². The molecule has 2 heteroatoms. The summed E-state index contributed by atoms with van der Waals surface area (Å²) in [5.74, 6) is 1.26. The molecule has 0 N–H and O–H groups in total. The third-order valence-corrected chi connectivity index (χ3v) is 3.25. The predicted molar refractivity (Wildman–Crippen MR) is 44.7 cm³/mol. The number of rotatable bonds is 0. The Morgan fingerprint density at radius 3 is 1.58 bits per heavy atom. The fourth-order valence-electron chi connectivity index (χ4n) is 2.38. The standard InChI is InChI=1S/C10H14O2/c11-9-6-4-8-2-1-7(9)3-5-10(8)12/h7-8H,1-6H2. The largest absolute Gasteiger partial charge is 0.299 e. The highest BCUT2D eigenvalue weighted by molar-refractivity contribution is 5.87. The molecule has 0 radical (unpaired) electrons. The minimum atomic E-state index is 0.224. The molecule has 12 heavy (non-hydrogen) atoms. The fraction of sp³-hybridized carbons (Fsp3) is 0.800. The van der Waals surface area contributed by atoms with Crippen LogP contribution in [0.15, 0.2) is 0 Å². The number of hydrogen-bond donors (Lipinski definition) is 0. The number of fused-ring (bicyclic) bond motifs is 3. The SMILES string of the molecule is O=C1CCC2CCC1CCC2=O. The predicted octanol–water partition coefficient (Wildman–Crippen LogP) is 1.72. The molecule has 2 rings (SSSR count). The van der Waals surface area contributed by atoms with Crippen LogP contribution in [0, 0.1) is 11.8 Å². The Morgan fingerprint density at radius 2 is 1.17 bits per heavy atom. The van der Waals surface area contributed by atoms with Crippen molar-refractivity contribution in [1.29, 1.82) is 0 Å². The second-order valence-electron chi connectivity index (χ2n) is 3.98. The van der Waals surface area contributed by atoms with E-state index in [0.29, 0.717) is 24.4 Å². The Hall–Kier alpha value is -0.660. The number of carbonyl (C=O) groups is 2. The lowest BCUT2D eigenvalue weighted by molar-refractivity contribution is -0.126. The summed E-state index contributed by atoms with van der Waals surface area (Å²) in [4.78, 5) is 22.8. The van der Waals surface area contributed by atoms with Crippen molar-refractivity contribution in [2.45, 2.75) is 38.5 Å². The van der Waals surface area contributed by atoms with E-state index in [0.717, 1.165) is 25.7 Å². The first-order chi connectivity index (χ1) is 5.77. The first kappa shape index (κ1) is 7.96. The zero-order chi connectivity index (χ0) is 8.55. The fourth-order valence-corrected chi connectivity index (χ4v) is 2.38. The topological polar surface area (TPSA) is 34.1 Å². The summed E-state index contributed by atoms with van der Waals surface area (Å²) in [6.45, 7) is 0. The minimum absolute atomic E-state index is 0.224. The second-order valence-corrected chi connectivity index (χ2v) is 3.98. The van der Waals surface area contributed by atoms with Gasteiger partial charge in [-0.15, -0.1) is 0 Å². The van der Waals surface area contributed by atoms with E-state index in [1.165, 1.54) is 0 Å².